The Labute approximate surface area is 132 Å². The van der Waals surface area contributed by atoms with Crippen molar-refractivity contribution in [1.29, 1.82) is 0 Å². The molecule has 0 bridgehead atoms. The molecule has 0 fully saturated rings. The van der Waals surface area contributed by atoms with Gasteiger partial charge in [-0.05, 0) is 17.7 Å². The number of hydrogen-bond donors (Lipinski definition) is 2. The summed E-state index contributed by atoms with van der Waals surface area (Å²) in [7, 11) is 0. The Morgan fingerprint density at radius 3 is 2.67 bits per heavy atom. The second-order valence-corrected chi connectivity index (χ2v) is 6.11. The molecule has 1 aromatic rings. The van der Waals surface area contributed by atoms with Crippen LogP contribution < -0.4 is 10.6 Å². The van der Waals surface area contributed by atoms with Crippen LogP contribution in [0.25, 0.3) is 0 Å². The summed E-state index contributed by atoms with van der Waals surface area (Å²) in [6, 6.07) is 6.70. The Morgan fingerprint density at radius 2 is 2.10 bits per heavy atom. The maximum Gasteiger partial charge on any atom is 0.228 e. The summed E-state index contributed by atoms with van der Waals surface area (Å²) in [6.07, 6.45) is 0.154. The van der Waals surface area contributed by atoms with Gasteiger partial charge in [0.25, 0.3) is 0 Å². The third-order valence-electron chi connectivity index (χ3n) is 2.87. The van der Waals surface area contributed by atoms with E-state index in [1.54, 1.807) is 24.3 Å². The van der Waals surface area contributed by atoms with E-state index in [-0.39, 0.29) is 24.3 Å². The fraction of sp³-hybridized carbons (Fsp3) is 0.357. The molecule has 112 valence electrons. The number of aliphatic imine (C=N–C) groups is 1. The summed E-state index contributed by atoms with van der Waals surface area (Å²) in [5, 5.41) is 6.81. The molecule has 2 rings (SSSR count). The van der Waals surface area contributed by atoms with E-state index in [0.717, 1.165) is 17.9 Å². The molecule has 1 aliphatic heterocycles. The van der Waals surface area contributed by atoms with Gasteiger partial charge in [-0.2, -0.15) is 0 Å². The van der Waals surface area contributed by atoms with Gasteiger partial charge in [-0.15, -0.1) is 0 Å². The Morgan fingerprint density at radius 1 is 1.38 bits per heavy atom. The average molecular weight is 326 g/mol. The van der Waals surface area contributed by atoms with E-state index in [1.165, 1.54) is 18.7 Å². The van der Waals surface area contributed by atoms with E-state index in [1.807, 2.05) is 0 Å². The minimum atomic E-state index is -0.383. The van der Waals surface area contributed by atoms with Crippen LogP contribution in [0.1, 0.15) is 24.9 Å². The molecule has 2 N–H and O–H groups in total. The molecule has 0 spiro atoms. The number of thioether (sulfide) groups is 1. The molecular weight excluding hydrogens is 310 g/mol. The lowest BCUT2D eigenvalue weighted by atomic mass is 10.0. The average Bonchev–Trinajstić information content (AvgIpc) is 2.91. The van der Waals surface area contributed by atoms with Crippen molar-refractivity contribution in [2.45, 2.75) is 19.4 Å². The number of amides is 2. The molecule has 0 saturated heterocycles. The van der Waals surface area contributed by atoms with Crippen molar-refractivity contribution in [3.63, 3.8) is 0 Å². The van der Waals surface area contributed by atoms with Crippen LogP contribution in [-0.4, -0.2) is 29.3 Å². The van der Waals surface area contributed by atoms with Crippen molar-refractivity contribution < 1.29 is 9.59 Å². The molecule has 0 radical (unpaired) electrons. The number of rotatable bonds is 4. The van der Waals surface area contributed by atoms with Crippen molar-refractivity contribution in [1.82, 2.24) is 10.6 Å². The number of nitrogens with one attached hydrogen (secondary N) is 2. The first kappa shape index (κ1) is 15.9. The van der Waals surface area contributed by atoms with Gasteiger partial charge >= 0.3 is 0 Å². The molecule has 7 heteroatoms. The number of carbonyl (C=O) groups excluding carboxylic acids is 2. The molecule has 21 heavy (non-hydrogen) atoms. The molecule has 5 nitrogen and oxygen atoms in total. The van der Waals surface area contributed by atoms with Gasteiger partial charge in [-0.25, -0.2) is 0 Å². The molecule has 1 unspecified atom stereocenters. The van der Waals surface area contributed by atoms with E-state index in [0.29, 0.717) is 10.2 Å². The highest BCUT2D eigenvalue weighted by atomic mass is 35.5. The van der Waals surface area contributed by atoms with Gasteiger partial charge in [0.05, 0.1) is 19.0 Å². The van der Waals surface area contributed by atoms with Gasteiger partial charge in [0.15, 0.2) is 5.17 Å². The highest BCUT2D eigenvalue weighted by molar-refractivity contribution is 8.14. The highest BCUT2D eigenvalue weighted by Gasteiger charge is 2.19. The summed E-state index contributed by atoms with van der Waals surface area (Å²) in [4.78, 5) is 27.5. The van der Waals surface area contributed by atoms with Crippen molar-refractivity contribution in [2.24, 2.45) is 4.99 Å². The lowest BCUT2D eigenvalue weighted by Crippen LogP contribution is -2.34. The number of carbonyl (C=O) groups is 2. The van der Waals surface area contributed by atoms with Crippen LogP contribution in [0.2, 0.25) is 5.02 Å². The standard InChI is InChI=1S/C14H16ClN3O2S/c1-9(19)17-12(10-2-4-11(15)5-3-10)8-13(20)18-14-16-6-7-21-14/h2-5,12H,6-8H2,1H3,(H,17,19)(H,16,18,20). The van der Waals surface area contributed by atoms with E-state index in [9.17, 15) is 9.59 Å². The summed E-state index contributed by atoms with van der Waals surface area (Å²) in [5.41, 5.74) is 0.839. The fourth-order valence-corrected chi connectivity index (χ4v) is 2.83. The van der Waals surface area contributed by atoms with Crippen LogP contribution in [0.4, 0.5) is 0 Å². The van der Waals surface area contributed by atoms with Gasteiger partial charge in [0, 0.05) is 17.7 Å². The second kappa shape index (κ2) is 7.47. The lowest BCUT2D eigenvalue weighted by Gasteiger charge is -2.18. The largest absolute Gasteiger partial charge is 0.349 e. The van der Waals surface area contributed by atoms with Crippen LogP contribution >= 0.6 is 23.4 Å². The zero-order chi connectivity index (χ0) is 15.2. The molecule has 0 aliphatic carbocycles. The van der Waals surface area contributed by atoms with Gasteiger partial charge in [-0.1, -0.05) is 35.5 Å². The zero-order valence-corrected chi connectivity index (χ0v) is 13.1. The van der Waals surface area contributed by atoms with Crippen LogP contribution in [0.15, 0.2) is 29.3 Å². The Hall–Kier alpha value is -1.53. The predicted octanol–water partition coefficient (Wildman–Crippen LogP) is 2.13. The number of hydrogen-bond acceptors (Lipinski definition) is 4. The van der Waals surface area contributed by atoms with Crippen molar-refractivity contribution in [2.75, 3.05) is 12.3 Å². The minimum Gasteiger partial charge on any atom is -0.349 e. The minimum absolute atomic E-state index is 0.154. The number of benzene rings is 1. The summed E-state index contributed by atoms with van der Waals surface area (Å²) < 4.78 is 0. The maximum atomic E-state index is 12.0. The van der Waals surface area contributed by atoms with E-state index >= 15 is 0 Å². The second-order valence-electron chi connectivity index (χ2n) is 4.59. The Balaban J connectivity index is 2.03. The third-order valence-corrected chi connectivity index (χ3v) is 4.01. The van der Waals surface area contributed by atoms with Gasteiger partial charge < -0.3 is 10.6 Å². The van der Waals surface area contributed by atoms with Crippen molar-refractivity contribution in [3.05, 3.63) is 34.9 Å². The molecule has 1 heterocycles. The van der Waals surface area contributed by atoms with Crippen LogP contribution in [0, 0.1) is 0 Å². The van der Waals surface area contributed by atoms with Crippen molar-refractivity contribution in [3.8, 4) is 0 Å². The Kier molecular flexibility index (Phi) is 5.64. The zero-order valence-electron chi connectivity index (χ0n) is 11.6. The first-order valence-electron chi connectivity index (χ1n) is 6.54. The quantitative estimate of drug-likeness (QED) is 0.891. The molecular formula is C14H16ClN3O2S. The molecule has 1 aromatic carbocycles. The molecule has 2 amide bonds. The van der Waals surface area contributed by atoms with E-state index < -0.39 is 0 Å². The monoisotopic (exact) mass is 325 g/mol. The predicted molar refractivity (Wildman–Crippen MR) is 85.5 cm³/mol. The third kappa shape index (κ3) is 5.06. The van der Waals surface area contributed by atoms with Gasteiger partial charge in [-0.3, -0.25) is 14.6 Å². The van der Waals surface area contributed by atoms with Crippen LogP contribution in [0.5, 0.6) is 0 Å². The molecule has 0 aromatic heterocycles. The number of halogens is 1. The number of nitrogens with zero attached hydrogens (tertiary/aromatic N) is 1. The van der Waals surface area contributed by atoms with Crippen LogP contribution in [-0.2, 0) is 9.59 Å². The lowest BCUT2D eigenvalue weighted by molar-refractivity contribution is -0.121. The molecule has 1 aliphatic rings. The van der Waals surface area contributed by atoms with Gasteiger partial charge in [0.2, 0.25) is 11.8 Å². The maximum absolute atomic E-state index is 12.0. The number of amidine groups is 1. The van der Waals surface area contributed by atoms with Gasteiger partial charge in [0.1, 0.15) is 0 Å². The van der Waals surface area contributed by atoms with Crippen molar-refractivity contribution >= 4 is 40.3 Å². The van der Waals surface area contributed by atoms with Crippen LogP contribution in [0.3, 0.4) is 0 Å². The van der Waals surface area contributed by atoms with E-state index in [2.05, 4.69) is 15.6 Å². The summed E-state index contributed by atoms with van der Waals surface area (Å²) in [6.45, 7) is 2.16. The normalized spacial score (nSPS) is 15.2. The fourth-order valence-electron chi connectivity index (χ4n) is 1.96. The molecule has 1 atom stereocenters. The molecule has 0 saturated carbocycles. The topological polar surface area (TPSA) is 70.6 Å². The SMILES string of the molecule is CC(=O)NC(CC(=O)NC1=NCCS1)c1ccc(Cl)cc1. The first-order chi connectivity index (χ1) is 10.0. The Bertz CT molecular complexity index is 560. The highest BCUT2D eigenvalue weighted by Crippen LogP contribution is 2.20. The summed E-state index contributed by atoms with van der Waals surface area (Å²) >= 11 is 7.38. The first-order valence-corrected chi connectivity index (χ1v) is 7.90. The summed E-state index contributed by atoms with van der Waals surface area (Å²) in [5.74, 6) is 0.536. The smallest absolute Gasteiger partial charge is 0.228 e. The van der Waals surface area contributed by atoms with E-state index in [4.69, 9.17) is 11.6 Å².